The second-order valence-corrected chi connectivity index (χ2v) is 7.08. The van der Waals surface area contributed by atoms with Crippen LogP contribution in [0, 0.1) is 18.8 Å². The lowest BCUT2D eigenvalue weighted by Gasteiger charge is -2.28. The fourth-order valence-electron chi connectivity index (χ4n) is 3.07. The van der Waals surface area contributed by atoms with E-state index in [0.29, 0.717) is 11.8 Å². The highest BCUT2D eigenvalue weighted by molar-refractivity contribution is 5.54. The molecule has 0 heterocycles. The molecule has 1 nitrogen and oxygen atoms in total. The Balaban J connectivity index is 2.81. The van der Waals surface area contributed by atoms with Crippen LogP contribution in [0.2, 0.25) is 0 Å². The van der Waals surface area contributed by atoms with Gasteiger partial charge in [0.25, 0.3) is 0 Å². The summed E-state index contributed by atoms with van der Waals surface area (Å²) < 4.78 is 0. The molecule has 0 spiro atoms. The Labute approximate surface area is 143 Å². The molecule has 0 saturated heterocycles. The van der Waals surface area contributed by atoms with Gasteiger partial charge in [-0.25, -0.2) is 0 Å². The largest absolute Gasteiger partial charge is 0.379 e. The average Bonchev–Trinajstić information content (AvgIpc) is 2.51. The third-order valence-electron chi connectivity index (χ3n) is 5.08. The highest BCUT2D eigenvalue weighted by atomic mass is 14.9. The van der Waals surface area contributed by atoms with Gasteiger partial charge in [0.15, 0.2) is 0 Å². The van der Waals surface area contributed by atoms with Gasteiger partial charge >= 0.3 is 0 Å². The van der Waals surface area contributed by atoms with Crippen LogP contribution in [0.4, 0.5) is 5.69 Å². The molecule has 128 valence electrons. The fraction of sp³-hybridized carbons (Fsp3) is 0.545. The highest BCUT2D eigenvalue weighted by Gasteiger charge is 2.20. The zero-order chi connectivity index (χ0) is 17.6. The van der Waals surface area contributed by atoms with E-state index < -0.39 is 0 Å². The minimum atomic E-state index is 0.271. The lowest BCUT2D eigenvalue weighted by atomic mass is 9.81. The van der Waals surface area contributed by atoms with E-state index in [9.17, 15) is 0 Å². The van der Waals surface area contributed by atoms with Crippen molar-refractivity contribution >= 4 is 5.69 Å². The van der Waals surface area contributed by atoms with Crippen LogP contribution in [0.15, 0.2) is 42.5 Å². The first-order valence-electron chi connectivity index (χ1n) is 8.99. The molecule has 1 heteroatoms. The van der Waals surface area contributed by atoms with Gasteiger partial charge in [0.05, 0.1) is 0 Å². The SMILES string of the molecule is C=C(C[C@@H](C(=C)C)[C@@H](C)CC)[C@@H](C)Nc1cc(C)ccc1CC. The molecule has 0 fully saturated rings. The standard InChI is InChI=1S/C22H35N/c1-9-17(6)21(15(3)4)14-18(7)19(8)23-22-13-16(5)11-12-20(22)10-2/h11-13,17,19,21,23H,3,7,9-10,14H2,1-2,4-6,8H3/t17-,19+,21-/m0/s1. The summed E-state index contributed by atoms with van der Waals surface area (Å²) >= 11 is 0. The van der Waals surface area contributed by atoms with Crippen molar-refractivity contribution in [3.63, 3.8) is 0 Å². The van der Waals surface area contributed by atoms with Gasteiger partial charge in [0.2, 0.25) is 0 Å². The molecule has 0 aliphatic rings. The van der Waals surface area contributed by atoms with Crippen molar-refractivity contribution in [3.05, 3.63) is 53.6 Å². The molecule has 0 bridgehead atoms. The van der Waals surface area contributed by atoms with Gasteiger partial charge in [-0.2, -0.15) is 0 Å². The van der Waals surface area contributed by atoms with Gasteiger partial charge in [-0.3, -0.25) is 0 Å². The minimum absolute atomic E-state index is 0.271. The van der Waals surface area contributed by atoms with Crippen molar-refractivity contribution in [3.8, 4) is 0 Å². The predicted molar refractivity (Wildman–Crippen MR) is 105 cm³/mol. The van der Waals surface area contributed by atoms with Crippen LogP contribution >= 0.6 is 0 Å². The molecular weight excluding hydrogens is 278 g/mol. The van der Waals surface area contributed by atoms with Crippen molar-refractivity contribution < 1.29 is 0 Å². The summed E-state index contributed by atoms with van der Waals surface area (Å²) in [4.78, 5) is 0. The number of rotatable bonds is 9. The molecule has 23 heavy (non-hydrogen) atoms. The minimum Gasteiger partial charge on any atom is -0.379 e. The topological polar surface area (TPSA) is 12.0 Å². The number of aryl methyl sites for hydroxylation is 2. The molecule has 0 aromatic heterocycles. The molecule has 1 aromatic rings. The van der Waals surface area contributed by atoms with Crippen LogP contribution in [-0.4, -0.2) is 6.04 Å². The molecule has 0 amide bonds. The maximum absolute atomic E-state index is 4.36. The lowest BCUT2D eigenvalue weighted by Crippen LogP contribution is -2.22. The Morgan fingerprint density at radius 2 is 1.83 bits per heavy atom. The third kappa shape index (κ3) is 5.57. The van der Waals surface area contributed by atoms with Crippen LogP contribution in [0.5, 0.6) is 0 Å². The number of nitrogens with one attached hydrogen (secondary N) is 1. The third-order valence-corrected chi connectivity index (χ3v) is 5.08. The first kappa shape index (κ1) is 19.5. The molecule has 0 aliphatic carbocycles. The number of anilines is 1. The Kier molecular flexibility index (Phi) is 7.61. The lowest BCUT2D eigenvalue weighted by molar-refractivity contribution is 0.392. The Morgan fingerprint density at radius 3 is 2.35 bits per heavy atom. The van der Waals surface area contributed by atoms with E-state index in [0.717, 1.165) is 12.8 Å². The zero-order valence-electron chi connectivity index (χ0n) is 16.0. The van der Waals surface area contributed by atoms with Gasteiger partial charge in [-0.1, -0.05) is 63.6 Å². The van der Waals surface area contributed by atoms with Crippen molar-refractivity contribution in [1.82, 2.24) is 0 Å². The zero-order valence-corrected chi connectivity index (χ0v) is 16.0. The molecule has 1 rings (SSSR count). The first-order chi connectivity index (χ1) is 10.8. The number of hydrogen-bond acceptors (Lipinski definition) is 1. The van der Waals surface area contributed by atoms with Gasteiger partial charge < -0.3 is 5.32 Å². The number of hydrogen-bond donors (Lipinski definition) is 1. The normalized spacial score (nSPS) is 14.9. The van der Waals surface area contributed by atoms with E-state index in [1.165, 1.54) is 34.4 Å². The van der Waals surface area contributed by atoms with E-state index in [4.69, 9.17) is 0 Å². The highest BCUT2D eigenvalue weighted by Crippen LogP contribution is 2.30. The quantitative estimate of drug-likeness (QED) is 0.510. The summed E-state index contributed by atoms with van der Waals surface area (Å²) in [7, 11) is 0. The summed E-state index contributed by atoms with van der Waals surface area (Å²) in [6.45, 7) is 21.9. The van der Waals surface area contributed by atoms with Crippen molar-refractivity contribution in [2.24, 2.45) is 11.8 Å². The van der Waals surface area contributed by atoms with Crippen LogP contribution in [0.3, 0.4) is 0 Å². The molecule has 1 N–H and O–H groups in total. The first-order valence-corrected chi connectivity index (χ1v) is 8.99. The molecule has 1 aromatic carbocycles. The van der Waals surface area contributed by atoms with Crippen LogP contribution < -0.4 is 5.32 Å². The van der Waals surface area contributed by atoms with Crippen molar-refractivity contribution in [2.75, 3.05) is 5.32 Å². The van der Waals surface area contributed by atoms with E-state index in [2.05, 4.69) is 78.2 Å². The van der Waals surface area contributed by atoms with Crippen molar-refractivity contribution in [1.29, 1.82) is 0 Å². The number of benzene rings is 1. The van der Waals surface area contributed by atoms with E-state index in [1.807, 2.05) is 0 Å². The monoisotopic (exact) mass is 313 g/mol. The maximum Gasteiger partial charge on any atom is 0.0443 e. The van der Waals surface area contributed by atoms with Crippen LogP contribution in [-0.2, 0) is 6.42 Å². The smallest absolute Gasteiger partial charge is 0.0443 e. The molecule has 0 aliphatic heterocycles. The molecule has 0 unspecified atom stereocenters. The van der Waals surface area contributed by atoms with Crippen molar-refractivity contribution in [2.45, 2.75) is 66.8 Å². The van der Waals surface area contributed by atoms with Gasteiger partial charge in [-0.15, -0.1) is 0 Å². The summed E-state index contributed by atoms with van der Waals surface area (Å²) in [6.07, 6.45) is 3.25. The van der Waals surface area contributed by atoms with Crippen LogP contribution in [0.1, 0.15) is 58.6 Å². The molecular formula is C22H35N. The molecule has 0 saturated carbocycles. The van der Waals surface area contributed by atoms with E-state index in [-0.39, 0.29) is 6.04 Å². The summed E-state index contributed by atoms with van der Waals surface area (Å²) in [5, 5.41) is 3.67. The van der Waals surface area contributed by atoms with E-state index in [1.54, 1.807) is 0 Å². The molecule has 0 radical (unpaired) electrons. The molecule has 3 atom stereocenters. The Bertz CT molecular complexity index is 541. The Morgan fingerprint density at radius 1 is 1.17 bits per heavy atom. The van der Waals surface area contributed by atoms with Gasteiger partial charge in [-0.05, 0) is 62.6 Å². The van der Waals surface area contributed by atoms with Gasteiger partial charge in [0, 0.05) is 11.7 Å². The second-order valence-electron chi connectivity index (χ2n) is 7.08. The number of allylic oxidation sites excluding steroid dienone is 1. The maximum atomic E-state index is 4.36. The van der Waals surface area contributed by atoms with Crippen LogP contribution in [0.25, 0.3) is 0 Å². The summed E-state index contributed by atoms with van der Waals surface area (Å²) in [6, 6.07) is 6.92. The summed E-state index contributed by atoms with van der Waals surface area (Å²) in [5.74, 6) is 1.18. The fourth-order valence-corrected chi connectivity index (χ4v) is 3.07. The second kappa shape index (κ2) is 8.96. The Hall–Kier alpha value is -1.50. The van der Waals surface area contributed by atoms with E-state index >= 15 is 0 Å². The average molecular weight is 314 g/mol. The summed E-state index contributed by atoms with van der Waals surface area (Å²) in [5.41, 5.74) is 6.45. The predicted octanol–water partition coefficient (Wildman–Crippen LogP) is 6.54. The van der Waals surface area contributed by atoms with Gasteiger partial charge in [0.1, 0.15) is 0 Å².